The van der Waals surface area contributed by atoms with E-state index < -0.39 is 5.82 Å². The number of aryl methyl sites for hydroxylation is 1. The molecule has 2 aromatic rings. The summed E-state index contributed by atoms with van der Waals surface area (Å²) in [5.41, 5.74) is 1.96. The van der Waals surface area contributed by atoms with Crippen molar-refractivity contribution in [1.29, 1.82) is 0 Å². The van der Waals surface area contributed by atoms with Gasteiger partial charge in [0.05, 0.1) is 12.0 Å². The Labute approximate surface area is 132 Å². The van der Waals surface area contributed by atoms with Gasteiger partial charge in [0.2, 0.25) is 0 Å². The number of benzene rings is 1. The highest BCUT2D eigenvalue weighted by molar-refractivity contribution is 6.25. The molecule has 0 bridgehead atoms. The van der Waals surface area contributed by atoms with Gasteiger partial charge in [-0.25, -0.2) is 9.37 Å². The van der Waals surface area contributed by atoms with Gasteiger partial charge < -0.3 is 9.88 Å². The van der Waals surface area contributed by atoms with Crippen LogP contribution >= 0.6 is 0 Å². The first-order chi connectivity index (χ1) is 11.0. The molecule has 1 aromatic heterocycles. The fourth-order valence-corrected chi connectivity index (χ4v) is 2.74. The van der Waals surface area contributed by atoms with Gasteiger partial charge in [0.25, 0.3) is 0 Å². The van der Waals surface area contributed by atoms with Crippen molar-refractivity contribution in [2.24, 2.45) is 7.05 Å². The lowest BCUT2D eigenvalue weighted by Crippen LogP contribution is -2.22. The molecule has 5 nitrogen and oxygen atoms in total. The van der Waals surface area contributed by atoms with Crippen molar-refractivity contribution in [2.75, 3.05) is 12.4 Å². The van der Waals surface area contributed by atoms with Crippen LogP contribution in [0.3, 0.4) is 0 Å². The molecule has 1 N–H and O–H groups in total. The lowest BCUT2D eigenvalue weighted by molar-refractivity contribution is -0.120. The lowest BCUT2D eigenvalue weighted by atomic mass is 9.87. The largest absolute Gasteiger partial charge is 0.388 e. The summed E-state index contributed by atoms with van der Waals surface area (Å²) in [4.78, 5) is 28.8. The molecule has 3 rings (SSSR count). The minimum atomic E-state index is -0.408. The van der Waals surface area contributed by atoms with E-state index in [0.717, 1.165) is 0 Å². The minimum absolute atomic E-state index is 0.0462. The summed E-state index contributed by atoms with van der Waals surface area (Å²) in [7, 11) is 3.46. The molecule has 1 aromatic carbocycles. The van der Waals surface area contributed by atoms with E-state index >= 15 is 0 Å². The first-order valence-corrected chi connectivity index (χ1v) is 7.24. The van der Waals surface area contributed by atoms with Crippen molar-refractivity contribution in [2.45, 2.75) is 12.8 Å². The molecule has 0 amide bonds. The molecule has 6 heteroatoms. The summed E-state index contributed by atoms with van der Waals surface area (Å²) < 4.78 is 15.4. The van der Waals surface area contributed by atoms with E-state index in [1.807, 2.05) is 0 Å². The number of nitrogens with one attached hydrogen (secondary N) is 1. The normalized spacial score (nSPS) is 13.5. The van der Waals surface area contributed by atoms with Gasteiger partial charge in [0.15, 0.2) is 11.6 Å². The van der Waals surface area contributed by atoms with Crippen molar-refractivity contribution in [1.82, 2.24) is 9.55 Å². The number of carbonyl (C=O) groups is 2. The number of nitrogens with zero attached hydrogens (tertiary/aromatic N) is 2. The van der Waals surface area contributed by atoms with E-state index in [1.165, 1.54) is 18.2 Å². The average molecular weight is 313 g/mol. The van der Waals surface area contributed by atoms with E-state index in [2.05, 4.69) is 10.3 Å². The maximum Gasteiger partial charge on any atom is 0.173 e. The smallest absolute Gasteiger partial charge is 0.173 e. The van der Waals surface area contributed by atoms with Gasteiger partial charge in [-0.1, -0.05) is 0 Å². The van der Waals surface area contributed by atoms with E-state index in [0.29, 0.717) is 22.6 Å². The van der Waals surface area contributed by atoms with E-state index in [1.54, 1.807) is 31.1 Å². The van der Waals surface area contributed by atoms with Crippen LogP contribution in [0.1, 0.15) is 17.0 Å². The molecule has 0 fully saturated rings. The highest BCUT2D eigenvalue weighted by Gasteiger charge is 2.26. The molecule has 0 spiro atoms. The standard InChI is InChI=1S/C17H16FN3O2/c1-19-14-7-11(18)5-10-6-13(15(22)8-12(10)14)16(23)9-17-20-3-4-21(17)2/h3-7,19H,8-9H2,1-2H3. The molecule has 1 heterocycles. The van der Waals surface area contributed by atoms with Crippen LogP contribution in [0.5, 0.6) is 0 Å². The third kappa shape index (κ3) is 2.79. The number of fused-ring (bicyclic) bond motifs is 1. The van der Waals surface area contributed by atoms with Crippen molar-refractivity contribution in [3.63, 3.8) is 0 Å². The molecule has 0 saturated carbocycles. The maximum atomic E-state index is 13.7. The van der Waals surface area contributed by atoms with Crippen LogP contribution in [0.2, 0.25) is 0 Å². The van der Waals surface area contributed by atoms with Gasteiger partial charge in [-0.05, 0) is 29.3 Å². The molecule has 1 aliphatic carbocycles. The SMILES string of the molecule is CNc1cc(F)cc2c1CC(=O)C(C(=O)Cc1nccn1C)=C2. The number of hydrogen-bond donors (Lipinski definition) is 1. The quantitative estimate of drug-likeness (QED) is 0.876. The zero-order valence-corrected chi connectivity index (χ0v) is 12.9. The fraction of sp³-hybridized carbons (Fsp3) is 0.235. The number of Topliss-reactive ketones (excluding diaryl/α,β-unsaturated/α-hetero) is 2. The molecule has 1 aliphatic rings. The second-order valence-electron chi connectivity index (χ2n) is 5.48. The lowest BCUT2D eigenvalue weighted by Gasteiger charge is -2.18. The molecular weight excluding hydrogens is 297 g/mol. The molecular formula is C17H16FN3O2. The zero-order chi connectivity index (χ0) is 16.6. The number of anilines is 1. The summed E-state index contributed by atoms with van der Waals surface area (Å²) in [5, 5.41) is 2.88. The number of hydrogen-bond acceptors (Lipinski definition) is 4. The van der Waals surface area contributed by atoms with Crippen LogP contribution in [0.4, 0.5) is 10.1 Å². The second-order valence-corrected chi connectivity index (χ2v) is 5.48. The van der Waals surface area contributed by atoms with Crippen molar-refractivity contribution >= 4 is 23.3 Å². The monoisotopic (exact) mass is 313 g/mol. The van der Waals surface area contributed by atoms with Crippen LogP contribution in [-0.2, 0) is 29.5 Å². The second kappa shape index (κ2) is 5.79. The topological polar surface area (TPSA) is 64.0 Å². The number of halogens is 1. The van der Waals surface area contributed by atoms with Crippen molar-refractivity contribution in [3.8, 4) is 0 Å². The number of rotatable bonds is 4. The van der Waals surface area contributed by atoms with Gasteiger partial charge in [-0.15, -0.1) is 0 Å². The fourth-order valence-electron chi connectivity index (χ4n) is 2.74. The Hall–Kier alpha value is -2.76. The number of aromatic nitrogens is 2. The van der Waals surface area contributed by atoms with E-state index in [-0.39, 0.29) is 30.0 Å². The Kier molecular flexibility index (Phi) is 3.82. The predicted molar refractivity (Wildman–Crippen MR) is 84.6 cm³/mol. The van der Waals surface area contributed by atoms with Gasteiger partial charge in [-0.2, -0.15) is 0 Å². The highest BCUT2D eigenvalue weighted by atomic mass is 19.1. The van der Waals surface area contributed by atoms with Gasteiger partial charge in [0.1, 0.15) is 11.6 Å². The molecule has 0 atom stereocenters. The third-order valence-corrected chi connectivity index (χ3v) is 4.00. The molecule has 118 valence electrons. The van der Waals surface area contributed by atoms with Crippen LogP contribution < -0.4 is 5.32 Å². The number of carbonyl (C=O) groups excluding carboxylic acids is 2. The summed E-state index contributed by atoms with van der Waals surface area (Å²) >= 11 is 0. The highest BCUT2D eigenvalue weighted by Crippen LogP contribution is 2.29. The molecule has 0 radical (unpaired) electrons. The number of allylic oxidation sites excluding steroid dienone is 1. The molecule has 23 heavy (non-hydrogen) atoms. The Morgan fingerprint density at radius 3 is 2.87 bits per heavy atom. The Morgan fingerprint density at radius 2 is 2.22 bits per heavy atom. The number of ketones is 2. The van der Waals surface area contributed by atoms with Gasteiger partial charge >= 0.3 is 0 Å². The van der Waals surface area contributed by atoms with Crippen LogP contribution in [0, 0.1) is 5.82 Å². The van der Waals surface area contributed by atoms with Crippen LogP contribution in [-0.4, -0.2) is 28.2 Å². The van der Waals surface area contributed by atoms with Crippen molar-refractivity contribution in [3.05, 3.63) is 52.9 Å². The van der Waals surface area contributed by atoms with Crippen LogP contribution in [0.25, 0.3) is 6.08 Å². The first kappa shape index (κ1) is 15.1. The molecule has 0 saturated heterocycles. The van der Waals surface area contributed by atoms with Gasteiger partial charge in [-0.3, -0.25) is 9.59 Å². The zero-order valence-electron chi connectivity index (χ0n) is 12.9. The number of imidazole rings is 1. The van der Waals surface area contributed by atoms with Crippen LogP contribution in [0.15, 0.2) is 30.1 Å². The average Bonchev–Trinajstić information content (AvgIpc) is 2.91. The van der Waals surface area contributed by atoms with Crippen molar-refractivity contribution < 1.29 is 14.0 Å². The Balaban J connectivity index is 1.97. The predicted octanol–water partition coefficient (Wildman–Crippen LogP) is 1.92. The summed E-state index contributed by atoms with van der Waals surface area (Å²) in [6.45, 7) is 0. The summed E-state index contributed by atoms with van der Waals surface area (Å²) in [5.74, 6) is -0.371. The summed E-state index contributed by atoms with van der Waals surface area (Å²) in [6, 6.07) is 2.69. The third-order valence-electron chi connectivity index (χ3n) is 4.00. The maximum absolute atomic E-state index is 13.7. The molecule has 0 unspecified atom stereocenters. The first-order valence-electron chi connectivity index (χ1n) is 7.24. The molecule has 0 aliphatic heterocycles. The van der Waals surface area contributed by atoms with E-state index in [4.69, 9.17) is 0 Å². The van der Waals surface area contributed by atoms with Gasteiger partial charge in [0, 0.05) is 38.6 Å². The minimum Gasteiger partial charge on any atom is -0.388 e. The summed E-state index contributed by atoms with van der Waals surface area (Å²) in [6.07, 6.45) is 4.96. The Bertz CT molecular complexity index is 836. The van der Waals surface area contributed by atoms with E-state index in [9.17, 15) is 14.0 Å². The Morgan fingerprint density at radius 1 is 1.43 bits per heavy atom.